The molecule has 1 heterocycles. The van der Waals surface area contributed by atoms with Crippen LogP contribution in [0.15, 0.2) is 15.2 Å². The van der Waals surface area contributed by atoms with Gasteiger partial charge in [0, 0.05) is 5.56 Å². The number of hydrogen-bond donors (Lipinski definition) is 0. The highest BCUT2D eigenvalue weighted by atomic mass is 17.0. The van der Waals surface area contributed by atoms with Crippen molar-refractivity contribution < 1.29 is 9.15 Å². The van der Waals surface area contributed by atoms with Gasteiger partial charge in [-0.15, -0.1) is 0 Å². The highest BCUT2D eigenvalue weighted by Crippen LogP contribution is 2.41. The molecule has 2 heteroatoms. The van der Waals surface area contributed by atoms with E-state index in [2.05, 4.69) is 54.5 Å². The van der Waals surface area contributed by atoms with E-state index in [1.165, 1.54) is 16.7 Å². The van der Waals surface area contributed by atoms with Gasteiger partial charge in [-0.3, -0.25) is 9.15 Å². The molecule has 0 saturated carbocycles. The number of fused-ring (bicyclic) bond motifs is 1. The van der Waals surface area contributed by atoms with Crippen LogP contribution in [0.25, 0.3) is 11.2 Å². The smallest absolute Gasteiger partial charge is 0.229 e. The summed E-state index contributed by atoms with van der Waals surface area (Å²) in [5.41, 5.74) is 5.92. The predicted octanol–water partition coefficient (Wildman–Crippen LogP) is 4.93. The molecule has 0 aliphatic heterocycles. The van der Waals surface area contributed by atoms with Crippen molar-refractivity contribution in [3.05, 3.63) is 22.8 Å². The molecular weight excluding hydrogens is 212 g/mol. The lowest BCUT2D eigenvalue weighted by molar-refractivity contribution is 0.0569. The van der Waals surface area contributed by atoms with Gasteiger partial charge in [-0.2, -0.15) is 0 Å². The summed E-state index contributed by atoms with van der Waals surface area (Å²) in [5, 5.41) is 0. The molecule has 94 valence electrons. The molecule has 0 spiro atoms. The monoisotopic (exact) mass is 234 g/mol. The second kappa shape index (κ2) is 3.41. The quantitative estimate of drug-likeness (QED) is 0.604. The van der Waals surface area contributed by atoms with Crippen LogP contribution in [-0.2, 0) is 10.8 Å². The summed E-state index contributed by atoms with van der Waals surface area (Å²) in [5.74, 6) is 0. The first-order valence-corrected chi connectivity index (χ1v) is 6.15. The Morgan fingerprint density at radius 1 is 0.824 bits per heavy atom. The van der Waals surface area contributed by atoms with Crippen molar-refractivity contribution in [2.45, 2.75) is 59.3 Å². The lowest BCUT2D eigenvalue weighted by Crippen LogP contribution is -2.24. The topological polar surface area (TPSA) is 26.3 Å². The highest BCUT2D eigenvalue weighted by Gasteiger charge is 2.32. The molecule has 0 N–H and O–H groups in total. The molecule has 2 aromatic rings. The average Bonchev–Trinajstić information content (AvgIpc) is 2.05. The van der Waals surface area contributed by atoms with E-state index >= 15 is 0 Å². The van der Waals surface area contributed by atoms with Gasteiger partial charge < -0.3 is 0 Å². The van der Waals surface area contributed by atoms with Gasteiger partial charge in [-0.25, -0.2) is 0 Å². The average molecular weight is 234 g/mol. The van der Waals surface area contributed by atoms with Crippen LogP contribution in [0.5, 0.6) is 0 Å². The maximum Gasteiger partial charge on any atom is 0.229 e. The Bertz CT molecular complexity index is 542. The van der Waals surface area contributed by atoms with Gasteiger partial charge in [0.2, 0.25) is 11.2 Å². The predicted molar refractivity (Wildman–Crippen MR) is 70.6 cm³/mol. The van der Waals surface area contributed by atoms with E-state index in [0.29, 0.717) is 0 Å². The molecule has 1 aromatic heterocycles. The van der Waals surface area contributed by atoms with E-state index in [0.717, 1.165) is 11.2 Å². The third-order valence-corrected chi connectivity index (χ3v) is 3.16. The van der Waals surface area contributed by atoms with Gasteiger partial charge >= 0.3 is 0 Å². The van der Waals surface area contributed by atoms with Crippen molar-refractivity contribution in [2.75, 3.05) is 0 Å². The molecule has 0 radical (unpaired) electrons. The number of benzene rings is 1. The van der Waals surface area contributed by atoms with Crippen LogP contribution in [0.4, 0.5) is 0 Å². The Balaban J connectivity index is 2.86. The fourth-order valence-corrected chi connectivity index (χ4v) is 2.65. The molecule has 0 amide bonds. The lowest BCUT2D eigenvalue weighted by Gasteiger charge is -2.32. The Morgan fingerprint density at radius 3 is 1.71 bits per heavy atom. The van der Waals surface area contributed by atoms with E-state index in [-0.39, 0.29) is 10.8 Å². The molecule has 0 unspecified atom stereocenters. The molecule has 0 atom stereocenters. The first-order chi connectivity index (χ1) is 7.62. The minimum atomic E-state index is 0.0580. The molecule has 17 heavy (non-hydrogen) atoms. The van der Waals surface area contributed by atoms with Crippen LogP contribution in [0.3, 0.4) is 0 Å². The summed E-state index contributed by atoms with van der Waals surface area (Å²) < 4.78 is 10.3. The van der Waals surface area contributed by atoms with Gasteiger partial charge in [-0.05, 0) is 34.9 Å². The van der Waals surface area contributed by atoms with Crippen molar-refractivity contribution >= 4 is 11.2 Å². The minimum Gasteiger partial charge on any atom is -0.286 e. The normalized spacial score (nSPS) is 13.6. The second-order valence-electron chi connectivity index (χ2n) is 6.94. The molecule has 2 rings (SSSR count). The van der Waals surface area contributed by atoms with Crippen LogP contribution in [-0.4, -0.2) is 0 Å². The fourth-order valence-electron chi connectivity index (χ4n) is 2.65. The van der Waals surface area contributed by atoms with Gasteiger partial charge in [-0.1, -0.05) is 41.5 Å². The fraction of sp³-hybridized carbons (Fsp3) is 0.600. The van der Waals surface area contributed by atoms with Crippen molar-refractivity contribution in [3.8, 4) is 0 Å². The summed E-state index contributed by atoms with van der Waals surface area (Å²) in [6.45, 7) is 15.6. The molecule has 0 saturated heterocycles. The van der Waals surface area contributed by atoms with Crippen molar-refractivity contribution in [1.82, 2.24) is 0 Å². The van der Waals surface area contributed by atoms with Crippen LogP contribution in [0.1, 0.15) is 58.2 Å². The Hall–Kier alpha value is -1.18. The maximum absolute atomic E-state index is 5.22. The Kier molecular flexibility index (Phi) is 2.46. The van der Waals surface area contributed by atoms with E-state index in [9.17, 15) is 0 Å². The van der Waals surface area contributed by atoms with E-state index in [4.69, 9.17) is 9.15 Å². The molecule has 0 fully saturated rings. The summed E-state index contributed by atoms with van der Waals surface area (Å²) >= 11 is 0. The van der Waals surface area contributed by atoms with E-state index < -0.39 is 0 Å². The number of rotatable bonds is 0. The van der Waals surface area contributed by atoms with Crippen molar-refractivity contribution in [2.24, 2.45) is 0 Å². The molecule has 2 nitrogen and oxygen atoms in total. The van der Waals surface area contributed by atoms with Crippen LogP contribution in [0, 0.1) is 6.92 Å². The van der Waals surface area contributed by atoms with Gasteiger partial charge in [0.25, 0.3) is 0 Å². The summed E-state index contributed by atoms with van der Waals surface area (Å²) in [7, 11) is 0. The standard InChI is InChI=1S/C15H22O2/c1-9-8-10-13(17-16-10)12(15(5,6)7)11(9)14(2,3)4/h8H,1-7H3. The number of aryl methyl sites for hydroxylation is 1. The molecule has 1 aromatic carbocycles. The van der Waals surface area contributed by atoms with E-state index in [1.807, 2.05) is 0 Å². The zero-order valence-electron chi connectivity index (χ0n) is 11.9. The molecule has 0 aliphatic carbocycles. The van der Waals surface area contributed by atoms with Crippen LogP contribution in [0.2, 0.25) is 0 Å². The second-order valence-corrected chi connectivity index (χ2v) is 6.94. The van der Waals surface area contributed by atoms with Crippen LogP contribution >= 0.6 is 0 Å². The SMILES string of the molecule is Cc1cc2ooc2c(C(C)(C)C)c1C(C)(C)C. The summed E-state index contributed by atoms with van der Waals surface area (Å²) in [4.78, 5) is 0. The minimum absolute atomic E-state index is 0.0580. The number of hydrogen-bond acceptors (Lipinski definition) is 2. The molecule has 0 aliphatic rings. The molecular formula is C15H22O2. The first-order valence-electron chi connectivity index (χ1n) is 6.15. The first kappa shape index (κ1) is 12.3. The van der Waals surface area contributed by atoms with Gasteiger partial charge in [0.05, 0.1) is 0 Å². The Labute approximate surface area is 103 Å². The maximum atomic E-state index is 5.22. The third kappa shape index (κ3) is 1.90. The van der Waals surface area contributed by atoms with Crippen molar-refractivity contribution in [3.63, 3.8) is 0 Å². The largest absolute Gasteiger partial charge is 0.286 e. The zero-order chi connectivity index (χ0) is 13.0. The Morgan fingerprint density at radius 2 is 1.35 bits per heavy atom. The van der Waals surface area contributed by atoms with Crippen molar-refractivity contribution in [1.29, 1.82) is 0 Å². The third-order valence-electron chi connectivity index (χ3n) is 3.16. The van der Waals surface area contributed by atoms with Gasteiger partial charge in [0.1, 0.15) is 0 Å². The molecule has 0 bridgehead atoms. The lowest BCUT2D eigenvalue weighted by atomic mass is 9.73. The summed E-state index contributed by atoms with van der Waals surface area (Å²) in [6, 6.07) is 2.08. The van der Waals surface area contributed by atoms with E-state index in [1.54, 1.807) is 0 Å². The van der Waals surface area contributed by atoms with Crippen LogP contribution < -0.4 is 0 Å². The zero-order valence-corrected chi connectivity index (χ0v) is 11.9. The highest BCUT2D eigenvalue weighted by molar-refractivity contribution is 5.79. The summed E-state index contributed by atoms with van der Waals surface area (Å²) in [6.07, 6.45) is 0. The van der Waals surface area contributed by atoms with Gasteiger partial charge in [0.15, 0.2) is 0 Å².